The Hall–Kier alpha value is -2.50. The van der Waals surface area contributed by atoms with Crippen molar-refractivity contribution in [2.24, 2.45) is 0 Å². The predicted molar refractivity (Wildman–Crippen MR) is 103 cm³/mol. The van der Waals surface area contributed by atoms with Gasteiger partial charge in [-0.1, -0.05) is 29.8 Å². The van der Waals surface area contributed by atoms with Crippen molar-refractivity contribution < 1.29 is 4.74 Å². The zero-order chi connectivity index (χ0) is 18.5. The molecule has 0 fully saturated rings. The van der Waals surface area contributed by atoms with Gasteiger partial charge in [0.1, 0.15) is 5.65 Å². The average molecular weight is 351 g/mol. The number of ether oxygens (including phenoxy) is 1. The molecule has 0 amide bonds. The van der Waals surface area contributed by atoms with Gasteiger partial charge in [0, 0.05) is 39.0 Å². The normalized spacial score (nSPS) is 11.4. The molecule has 0 saturated carbocycles. The van der Waals surface area contributed by atoms with Crippen molar-refractivity contribution in [3.05, 3.63) is 81.4 Å². The molecule has 3 aromatic rings. The summed E-state index contributed by atoms with van der Waals surface area (Å²) in [5.41, 5.74) is 4.99. The number of pyridine rings is 1. The number of aromatic nitrogens is 2. The number of benzene rings is 1. The number of hydrogen-bond acceptors (Lipinski definition) is 4. The Balaban J connectivity index is 1.84. The Labute approximate surface area is 153 Å². The Bertz CT molecular complexity index is 932. The third kappa shape index (κ3) is 4.56. The van der Waals surface area contributed by atoms with E-state index in [-0.39, 0.29) is 5.56 Å². The number of hydrogen-bond donors (Lipinski definition) is 0. The summed E-state index contributed by atoms with van der Waals surface area (Å²) in [6.45, 7) is 6.90. The number of rotatable bonds is 7. The lowest BCUT2D eigenvalue weighted by Crippen LogP contribution is -2.28. The summed E-state index contributed by atoms with van der Waals surface area (Å²) in [6.07, 6.45) is 1.78. The van der Waals surface area contributed by atoms with Gasteiger partial charge in [-0.15, -0.1) is 0 Å². The van der Waals surface area contributed by atoms with Gasteiger partial charge in [-0.3, -0.25) is 14.1 Å². The third-order valence-electron chi connectivity index (χ3n) is 4.40. The first kappa shape index (κ1) is 18.3. The van der Waals surface area contributed by atoms with E-state index in [9.17, 15) is 4.79 Å². The Morgan fingerprint density at radius 1 is 1.04 bits per heavy atom. The minimum absolute atomic E-state index is 0.0490. The monoisotopic (exact) mass is 351 g/mol. The summed E-state index contributed by atoms with van der Waals surface area (Å²) in [4.78, 5) is 19.3. The van der Waals surface area contributed by atoms with Crippen molar-refractivity contribution in [2.45, 2.75) is 26.9 Å². The maximum atomic E-state index is 12.4. The lowest BCUT2D eigenvalue weighted by molar-refractivity contribution is 0.139. The van der Waals surface area contributed by atoms with Crippen LogP contribution in [0, 0.1) is 13.8 Å². The molecule has 3 rings (SSSR count). The lowest BCUT2D eigenvalue weighted by Gasteiger charge is -2.22. The highest BCUT2D eigenvalue weighted by Gasteiger charge is 2.10. The van der Waals surface area contributed by atoms with Gasteiger partial charge in [0.25, 0.3) is 5.56 Å². The molecule has 0 aliphatic rings. The van der Waals surface area contributed by atoms with Gasteiger partial charge in [0.2, 0.25) is 0 Å². The molecule has 0 unspecified atom stereocenters. The molecule has 1 aromatic carbocycles. The van der Waals surface area contributed by atoms with E-state index < -0.39 is 0 Å². The molecule has 0 saturated heterocycles. The molecule has 5 heteroatoms. The van der Waals surface area contributed by atoms with Crippen molar-refractivity contribution in [1.82, 2.24) is 14.3 Å². The zero-order valence-corrected chi connectivity index (χ0v) is 15.6. The van der Waals surface area contributed by atoms with Gasteiger partial charge in [-0.25, -0.2) is 4.98 Å². The largest absolute Gasteiger partial charge is 0.383 e. The van der Waals surface area contributed by atoms with Crippen LogP contribution >= 0.6 is 0 Å². The molecule has 5 nitrogen and oxygen atoms in total. The molecule has 26 heavy (non-hydrogen) atoms. The number of fused-ring (bicyclic) bond motifs is 1. The first-order chi connectivity index (χ1) is 12.5. The molecule has 0 radical (unpaired) electrons. The third-order valence-corrected chi connectivity index (χ3v) is 4.40. The highest BCUT2D eigenvalue weighted by Crippen LogP contribution is 2.11. The fourth-order valence-corrected chi connectivity index (χ4v) is 2.95. The van der Waals surface area contributed by atoms with Gasteiger partial charge in [-0.05, 0) is 37.1 Å². The first-order valence-corrected chi connectivity index (χ1v) is 8.81. The van der Waals surface area contributed by atoms with E-state index in [1.54, 1.807) is 23.8 Å². The van der Waals surface area contributed by atoms with Crippen molar-refractivity contribution >= 4 is 5.65 Å². The molecule has 2 heterocycles. The maximum absolute atomic E-state index is 12.4. The first-order valence-electron chi connectivity index (χ1n) is 8.81. The fourth-order valence-electron chi connectivity index (χ4n) is 2.95. The smallest absolute Gasteiger partial charge is 0.258 e. The lowest BCUT2D eigenvalue weighted by atomic mass is 10.1. The summed E-state index contributed by atoms with van der Waals surface area (Å²) < 4.78 is 6.83. The summed E-state index contributed by atoms with van der Waals surface area (Å²) in [6, 6.07) is 14.0. The molecule has 0 spiro atoms. The topological polar surface area (TPSA) is 46.8 Å². The van der Waals surface area contributed by atoms with Crippen LogP contribution in [-0.4, -0.2) is 34.5 Å². The SMILES string of the molecule is COCCN(Cc1ccc(C)cc1)Cc1cc(=O)n2ccc(C)cc2n1. The number of methoxy groups -OCH3 is 1. The van der Waals surface area contributed by atoms with Crippen LogP contribution in [0.15, 0.2) is 53.5 Å². The van der Waals surface area contributed by atoms with Crippen molar-refractivity contribution in [1.29, 1.82) is 0 Å². The maximum Gasteiger partial charge on any atom is 0.258 e. The molecule has 0 atom stereocenters. The summed E-state index contributed by atoms with van der Waals surface area (Å²) in [5.74, 6) is 0. The molecular weight excluding hydrogens is 326 g/mol. The minimum Gasteiger partial charge on any atom is -0.383 e. The van der Waals surface area contributed by atoms with E-state index in [1.807, 2.05) is 19.1 Å². The van der Waals surface area contributed by atoms with Crippen molar-refractivity contribution in [3.8, 4) is 0 Å². The minimum atomic E-state index is -0.0490. The van der Waals surface area contributed by atoms with Crippen molar-refractivity contribution in [2.75, 3.05) is 20.3 Å². The van der Waals surface area contributed by atoms with Gasteiger partial charge in [0.15, 0.2) is 0 Å². The van der Waals surface area contributed by atoms with E-state index in [1.165, 1.54) is 11.1 Å². The standard InChI is InChI=1S/C21H25N3O2/c1-16-4-6-18(7-5-16)14-23(10-11-26-3)15-19-13-21(25)24-9-8-17(2)12-20(24)22-19/h4-9,12-13H,10-11,14-15H2,1-3H3. The van der Waals surface area contributed by atoms with E-state index in [4.69, 9.17) is 4.74 Å². The van der Waals surface area contributed by atoms with Crippen LogP contribution in [0.25, 0.3) is 5.65 Å². The van der Waals surface area contributed by atoms with Crippen LogP contribution in [0.2, 0.25) is 0 Å². The van der Waals surface area contributed by atoms with Gasteiger partial charge < -0.3 is 4.74 Å². The van der Waals surface area contributed by atoms with Crippen LogP contribution < -0.4 is 5.56 Å². The van der Waals surface area contributed by atoms with E-state index in [2.05, 4.69) is 41.1 Å². The van der Waals surface area contributed by atoms with Gasteiger partial charge in [0.05, 0.1) is 12.3 Å². The van der Waals surface area contributed by atoms with E-state index >= 15 is 0 Å². The van der Waals surface area contributed by atoms with Crippen LogP contribution in [0.5, 0.6) is 0 Å². The van der Waals surface area contributed by atoms with Crippen LogP contribution in [0.1, 0.15) is 22.4 Å². The van der Waals surface area contributed by atoms with Crippen LogP contribution in [-0.2, 0) is 17.8 Å². The second kappa shape index (κ2) is 8.25. The molecule has 136 valence electrons. The van der Waals surface area contributed by atoms with Gasteiger partial charge >= 0.3 is 0 Å². The van der Waals surface area contributed by atoms with E-state index in [0.29, 0.717) is 18.8 Å². The summed E-state index contributed by atoms with van der Waals surface area (Å²) >= 11 is 0. The second-order valence-corrected chi connectivity index (χ2v) is 6.71. The molecule has 0 aliphatic carbocycles. The molecule has 2 aromatic heterocycles. The second-order valence-electron chi connectivity index (χ2n) is 6.71. The fraction of sp³-hybridized carbons (Fsp3) is 0.333. The summed E-state index contributed by atoms with van der Waals surface area (Å²) in [5, 5.41) is 0. The van der Waals surface area contributed by atoms with Crippen LogP contribution in [0.3, 0.4) is 0 Å². The number of aryl methyl sites for hydroxylation is 2. The van der Waals surface area contributed by atoms with Crippen molar-refractivity contribution in [3.63, 3.8) is 0 Å². The molecule has 0 N–H and O–H groups in total. The average Bonchev–Trinajstić information content (AvgIpc) is 2.61. The van der Waals surface area contributed by atoms with Gasteiger partial charge in [-0.2, -0.15) is 0 Å². The predicted octanol–water partition coefficient (Wildman–Crippen LogP) is 2.96. The number of nitrogens with zero attached hydrogens (tertiary/aromatic N) is 3. The highest BCUT2D eigenvalue weighted by atomic mass is 16.5. The molecule has 0 aliphatic heterocycles. The Morgan fingerprint density at radius 2 is 1.81 bits per heavy atom. The highest BCUT2D eigenvalue weighted by molar-refractivity contribution is 5.41. The van der Waals surface area contributed by atoms with Crippen LogP contribution in [0.4, 0.5) is 0 Å². The Morgan fingerprint density at radius 3 is 2.54 bits per heavy atom. The zero-order valence-electron chi connectivity index (χ0n) is 15.6. The summed E-state index contributed by atoms with van der Waals surface area (Å²) in [7, 11) is 1.70. The van der Waals surface area contributed by atoms with E-state index in [0.717, 1.165) is 24.3 Å². The quantitative estimate of drug-likeness (QED) is 0.657. The molecular formula is C21H25N3O2. The molecule has 0 bridgehead atoms. The Kier molecular flexibility index (Phi) is 5.81.